The van der Waals surface area contributed by atoms with Crippen LogP contribution in [-0.2, 0) is 23.9 Å². The standard InChI is InChI=1S/C30H48N4O6/c1-7-12-31(6)26(36)23-24-27(37)34(22(20-35)21(4)5)25(30(24)11-10-29(23,9-3)40-30)28(38)33(13-8-2)15-14-32-16-18-39-19-17-32/h7-8,21-25,35H,1-2,9-20H2,3-6H3/t22-,23+,24-,25?,29-,30?/m0/s1. The molecule has 4 fully saturated rings. The van der Waals surface area contributed by atoms with Crippen LogP contribution in [0.2, 0.25) is 0 Å². The summed E-state index contributed by atoms with van der Waals surface area (Å²) < 4.78 is 12.4. The van der Waals surface area contributed by atoms with Crippen LogP contribution in [0.25, 0.3) is 0 Å². The molecule has 10 heteroatoms. The lowest BCUT2D eigenvalue weighted by atomic mass is 9.64. The van der Waals surface area contributed by atoms with Crippen molar-refractivity contribution in [1.29, 1.82) is 0 Å². The van der Waals surface area contributed by atoms with Gasteiger partial charge in [-0.25, -0.2) is 0 Å². The van der Waals surface area contributed by atoms with E-state index in [1.807, 2.05) is 20.8 Å². The third-order valence-corrected chi connectivity index (χ3v) is 9.66. The minimum absolute atomic E-state index is 0.101. The molecule has 224 valence electrons. The molecule has 4 rings (SSSR count). The van der Waals surface area contributed by atoms with E-state index in [0.29, 0.717) is 58.7 Å². The van der Waals surface area contributed by atoms with Crippen LogP contribution in [0.15, 0.2) is 25.3 Å². The molecule has 1 N–H and O–H groups in total. The maximum absolute atomic E-state index is 14.6. The Morgan fingerprint density at radius 1 is 1.15 bits per heavy atom. The highest BCUT2D eigenvalue weighted by molar-refractivity contribution is 5.99. The van der Waals surface area contributed by atoms with E-state index in [-0.39, 0.29) is 30.2 Å². The Hall–Kier alpha value is -2.27. The fourth-order valence-corrected chi connectivity index (χ4v) is 7.52. The summed E-state index contributed by atoms with van der Waals surface area (Å²) in [6.45, 7) is 18.0. The monoisotopic (exact) mass is 560 g/mol. The van der Waals surface area contributed by atoms with Gasteiger partial charge in [0.05, 0.1) is 43.3 Å². The van der Waals surface area contributed by atoms with Gasteiger partial charge in [0.2, 0.25) is 17.7 Å². The Morgan fingerprint density at radius 3 is 2.40 bits per heavy atom. The highest BCUT2D eigenvalue weighted by Gasteiger charge is 2.79. The summed E-state index contributed by atoms with van der Waals surface area (Å²) in [6.07, 6.45) is 5.05. The van der Waals surface area contributed by atoms with Crippen LogP contribution in [0.3, 0.4) is 0 Å². The molecule has 4 heterocycles. The highest BCUT2D eigenvalue weighted by atomic mass is 16.5. The molecular formula is C30H48N4O6. The number of ether oxygens (including phenoxy) is 2. The van der Waals surface area contributed by atoms with Crippen molar-refractivity contribution in [2.75, 3.05) is 66.1 Å². The number of aliphatic hydroxyl groups is 1. The molecule has 4 saturated heterocycles. The Balaban J connectivity index is 1.75. The summed E-state index contributed by atoms with van der Waals surface area (Å²) >= 11 is 0. The van der Waals surface area contributed by atoms with Gasteiger partial charge in [-0.15, -0.1) is 13.2 Å². The van der Waals surface area contributed by atoms with Crippen LogP contribution in [0.4, 0.5) is 0 Å². The lowest BCUT2D eigenvalue weighted by Gasteiger charge is -2.41. The van der Waals surface area contributed by atoms with Gasteiger partial charge in [-0.05, 0) is 25.2 Å². The topological polar surface area (TPSA) is 103 Å². The van der Waals surface area contributed by atoms with Crippen molar-refractivity contribution in [2.45, 2.75) is 63.3 Å². The van der Waals surface area contributed by atoms with Gasteiger partial charge >= 0.3 is 0 Å². The smallest absolute Gasteiger partial charge is 0.248 e. The SMILES string of the molecule is C=CCN(C)C(=O)[C@H]1[C@H]2C(=O)N([C@@H](CO)C(C)C)C(C(=O)N(CC=C)CCN3CCOCC3)C23CC[C@]1(CC)O3. The van der Waals surface area contributed by atoms with Crippen LogP contribution in [0.5, 0.6) is 0 Å². The minimum atomic E-state index is -1.12. The predicted octanol–water partition coefficient (Wildman–Crippen LogP) is 1.15. The van der Waals surface area contributed by atoms with Crippen molar-refractivity contribution in [1.82, 2.24) is 19.6 Å². The van der Waals surface area contributed by atoms with Crippen LogP contribution in [0, 0.1) is 17.8 Å². The second-order valence-electron chi connectivity index (χ2n) is 12.1. The number of fused-ring (bicyclic) bond motifs is 1. The molecule has 0 aliphatic carbocycles. The van der Waals surface area contributed by atoms with Crippen LogP contribution >= 0.6 is 0 Å². The molecule has 40 heavy (non-hydrogen) atoms. The highest BCUT2D eigenvalue weighted by Crippen LogP contribution is 2.65. The number of likely N-dealkylation sites (tertiary alicyclic amines) is 1. The number of hydrogen-bond donors (Lipinski definition) is 1. The van der Waals surface area contributed by atoms with E-state index in [1.54, 1.807) is 33.9 Å². The van der Waals surface area contributed by atoms with E-state index < -0.39 is 35.1 Å². The maximum Gasteiger partial charge on any atom is 0.248 e. The average molecular weight is 561 g/mol. The van der Waals surface area contributed by atoms with Crippen LogP contribution in [-0.4, -0.2) is 132 Å². The van der Waals surface area contributed by atoms with E-state index in [9.17, 15) is 19.5 Å². The predicted molar refractivity (Wildman–Crippen MR) is 151 cm³/mol. The Morgan fingerprint density at radius 2 is 1.82 bits per heavy atom. The quantitative estimate of drug-likeness (QED) is 0.337. The van der Waals surface area contributed by atoms with Crippen molar-refractivity contribution in [3.63, 3.8) is 0 Å². The summed E-state index contributed by atoms with van der Waals surface area (Å²) in [7, 11) is 1.72. The van der Waals surface area contributed by atoms with Crippen molar-refractivity contribution in [2.24, 2.45) is 17.8 Å². The van der Waals surface area contributed by atoms with E-state index in [4.69, 9.17) is 9.47 Å². The fraction of sp³-hybridized carbons (Fsp3) is 0.767. The molecule has 0 aromatic carbocycles. The number of hydrogen-bond acceptors (Lipinski definition) is 7. The molecule has 4 aliphatic rings. The van der Waals surface area contributed by atoms with Gasteiger partial charge in [0.15, 0.2) is 0 Å². The fourth-order valence-electron chi connectivity index (χ4n) is 7.52. The zero-order valence-corrected chi connectivity index (χ0v) is 24.7. The first-order valence-corrected chi connectivity index (χ1v) is 14.8. The Kier molecular flexibility index (Phi) is 9.44. The molecule has 4 aliphatic heterocycles. The number of carbonyl (C=O) groups is 3. The summed E-state index contributed by atoms with van der Waals surface area (Å²) in [5, 5.41) is 10.5. The van der Waals surface area contributed by atoms with Crippen molar-refractivity contribution < 1.29 is 29.0 Å². The second-order valence-corrected chi connectivity index (χ2v) is 12.1. The van der Waals surface area contributed by atoms with Crippen molar-refractivity contribution in [3.05, 3.63) is 25.3 Å². The van der Waals surface area contributed by atoms with Crippen molar-refractivity contribution in [3.8, 4) is 0 Å². The minimum Gasteiger partial charge on any atom is -0.394 e. The molecule has 0 aromatic rings. The van der Waals surface area contributed by atoms with Gasteiger partial charge in [-0.1, -0.05) is 32.9 Å². The number of carbonyl (C=O) groups excluding carboxylic acids is 3. The third kappa shape index (κ3) is 5.01. The molecule has 3 amide bonds. The first-order chi connectivity index (χ1) is 19.1. The summed E-state index contributed by atoms with van der Waals surface area (Å²) in [5.41, 5.74) is -1.93. The largest absolute Gasteiger partial charge is 0.394 e. The summed E-state index contributed by atoms with van der Waals surface area (Å²) in [4.78, 5) is 50.2. The average Bonchev–Trinajstić information content (AvgIpc) is 3.55. The van der Waals surface area contributed by atoms with E-state index in [2.05, 4.69) is 18.1 Å². The lowest BCUT2D eigenvalue weighted by molar-refractivity contribution is -0.158. The molecule has 0 radical (unpaired) electrons. The molecule has 0 aromatic heterocycles. The zero-order chi connectivity index (χ0) is 29.2. The molecule has 2 bridgehead atoms. The molecule has 10 nitrogen and oxygen atoms in total. The number of likely N-dealkylation sites (N-methyl/N-ethyl adjacent to an activating group) is 1. The van der Waals surface area contributed by atoms with Crippen LogP contribution < -0.4 is 0 Å². The van der Waals surface area contributed by atoms with E-state index in [0.717, 1.165) is 13.1 Å². The van der Waals surface area contributed by atoms with E-state index in [1.165, 1.54) is 0 Å². The van der Waals surface area contributed by atoms with Gasteiger partial charge in [0, 0.05) is 46.3 Å². The van der Waals surface area contributed by atoms with Gasteiger partial charge in [-0.3, -0.25) is 19.3 Å². The maximum atomic E-state index is 14.6. The summed E-state index contributed by atoms with van der Waals surface area (Å²) in [6, 6.07) is -1.50. The number of amides is 3. The van der Waals surface area contributed by atoms with Gasteiger partial charge in [0.25, 0.3) is 0 Å². The molecular weight excluding hydrogens is 512 g/mol. The third-order valence-electron chi connectivity index (χ3n) is 9.66. The number of rotatable bonds is 13. The normalized spacial score (nSPS) is 32.3. The molecule has 1 spiro atoms. The van der Waals surface area contributed by atoms with E-state index >= 15 is 0 Å². The first-order valence-electron chi connectivity index (χ1n) is 14.8. The Bertz CT molecular complexity index is 983. The number of nitrogens with zero attached hydrogens (tertiary/aromatic N) is 4. The molecule has 0 saturated carbocycles. The Labute approximate surface area is 238 Å². The number of aliphatic hydroxyl groups excluding tert-OH is 1. The first kappa shape index (κ1) is 30.7. The zero-order valence-electron chi connectivity index (χ0n) is 24.7. The molecule has 2 unspecified atom stereocenters. The van der Waals surface area contributed by atoms with Crippen molar-refractivity contribution >= 4 is 17.7 Å². The van der Waals surface area contributed by atoms with Gasteiger partial charge in [0.1, 0.15) is 11.6 Å². The van der Waals surface area contributed by atoms with Crippen LogP contribution in [0.1, 0.15) is 40.0 Å². The second kappa shape index (κ2) is 12.3. The lowest BCUT2D eigenvalue weighted by Crippen LogP contribution is -2.60. The van der Waals surface area contributed by atoms with Gasteiger partial charge in [-0.2, -0.15) is 0 Å². The number of morpholine rings is 1. The van der Waals surface area contributed by atoms with Gasteiger partial charge < -0.3 is 29.3 Å². The molecule has 6 atom stereocenters. The summed E-state index contributed by atoms with van der Waals surface area (Å²) in [5.74, 6) is -2.21.